The van der Waals surface area contributed by atoms with E-state index in [-0.39, 0.29) is 0 Å². The minimum atomic E-state index is 1.04. The molecule has 0 amide bonds. The molecule has 0 saturated heterocycles. The summed E-state index contributed by atoms with van der Waals surface area (Å²) in [6.07, 6.45) is 0. The van der Waals surface area contributed by atoms with Gasteiger partial charge in [-0.15, -0.1) is 0 Å². The largest absolute Gasteiger partial charge is 0.240 e. The molecule has 1 aliphatic carbocycles. The Morgan fingerprint density at radius 1 is 0.810 bits per heavy atom. The number of benzene rings is 3. The molecule has 0 bridgehead atoms. The number of hydrogen-bond acceptors (Lipinski definition) is 1. The van der Waals surface area contributed by atoms with E-state index in [9.17, 15) is 0 Å². The smallest absolute Gasteiger partial charge is 0.234 e. The van der Waals surface area contributed by atoms with E-state index in [1.165, 1.54) is 33.1 Å². The van der Waals surface area contributed by atoms with Crippen LogP contribution in [0.4, 0.5) is 0 Å². The third-order valence-corrected chi connectivity index (χ3v) is 4.45. The molecule has 0 saturated carbocycles. The van der Waals surface area contributed by atoms with Crippen LogP contribution in [0.2, 0.25) is 0 Å². The van der Waals surface area contributed by atoms with Crippen molar-refractivity contribution >= 4 is 21.8 Å². The van der Waals surface area contributed by atoms with Crippen molar-refractivity contribution in [2.45, 2.75) is 0 Å². The predicted octanol–water partition coefficient (Wildman–Crippen LogP) is 3.86. The predicted molar refractivity (Wildman–Crippen MR) is 84.9 cm³/mol. The monoisotopic (exact) mass is 269 g/mol. The Bertz CT molecular complexity index is 1040. The third kappa shape index (κ3) is 1.27. The van der Waals surface area contributed by atoms with Crippen LogP contribution in [-0.4, -0.2) is 4.98 Å². The van der Waals surface area contributed by atoms with Gasteiger partial charge in [0, 0.05) is 17.0 Å². The summed E-state index contributed by atoms with van der Waals surface area (Å²) in [6, 6.07) is 21.3. The lowest BCUT2D eigenvalue weighted by molar-refractivity contribution is -0.633. The molecule has 1 aliphatic rings. The molecular formula is C19H13N2+. The van der Waals surface area contributed by atoms with E-state index in [2.05, 4.69) is 66.2 Å². The molecule has 0 fully saturated rings. The van der Waals surface area contributed by atoms with Gasteiger partial charge in [-0.25, -0.2) is 4.98 Å². The standard InChI is InChI=1S/C19H13N2/c1-21-16-11-3-2-10-15(16)20-18-13-8-4-6-12-7-5-9-14(17(12)13)19(18)21/h2-11H,1H3/q+1. The fourth-order valence-electron chi connectivity index (χ4n) is 3.53. The van der Waals surface area contributed by atoms with E-state index in [0.29, 0.717) is 0 Å². The van der Waals surface area contributed by atoms with Crippen LogP contribution in [0.5, 0.6) is 0 Å². The molecule has 21 heavy (non-hydrogen) atoms. The number of aromatic nitrogens is 2. The maximum absolute atomic E-state index is 4.94. The molecule has 0 radical (unpaired) electrons. The van der Waals surface area contributed by atoms with Gasteiger partial charge in [-0.05, 0) is 17.5 Å². The van der Waals surface area contributed by atoms with E-state index in [0.717, 1.165) is 11.2 Å². The zero-order chi connectivity index (χ0) is 14.0. The van der Waals surface area contributed by atoms with E-state index in [1.54, 1.807) is 0 Å². The lowest BCUT2D eigenvalue weighted by atomic mass is 10.0. The van der Waals surface area contributed by atoms with Crippen LogP contribution in [-0.2, 0) is 7.05 Å². The summed E-state index contributed by atoms with van der Waals surface area (Å²) in [5.41, 5.74) is 7.08. The number of fused-ring (bicyclic) bond motifs is 4. The van der Waals surface area contributed by atoms with Crippen molar-refractivity contribution in [2.75, 3.05) is 0 Å². The first-order chi connectivity index (χ1) is 10.3. The summed E-state index contributed by atoms with van der Waals surface area (Å²) in [6.45, 7) is 0. The minimum absolute atomic E-state index is 1.04. The lowest BCUT2D eigenvalue weighted by Gasteiger charge is -2.03. The van der Waals surface area contributed by atoms with Crippen molar-refractivity contribution in [1.29, 1.82) is 0 Å². The first-order valence-corrected chi connectivity index (χ1v) is 7.16. The van der Waals surface area contributed by atoms with Crippen LogP contribution in [0.1, 0.15) is 0 Å². The first-order valence-electron chi connectivity index (χ1n) is 7.16. The van der Waals surface area contributed by atoms with E-state index in [1.807, 2.05) is 6.07 Å². The van der Waals surface area contributed by atoms with Crippen LogP contribution in [0.25, 0.3) is 44.3 Å². The van der Waals surface area contributed by atoms with E-state index < -0.39 is 0 Å². The highest BCUT2D eigenvalue weighted by Gasteiger charge is 2.31. The summed E-state index contributed by atoms with van der Waals surface area (Å²) >= 11 is 0. The molecule has 2 heteroatoms. The van der Waals surface area contributed by atoms with Gasteiger partial charge in [0.05, 0.1) is 5.56 Å². The molecule has 3 aromatic carbocycles. The highest BCUT2D eigenvalue weighted by molar-refractivity contribution is 6.13. The Morgan fingerprint density at radius 2 is 1.57 bits per heavy atom. The minimum Gasteiger partial charge on any atom is -0.234 e. The van der Waals surface area contributed by atoms with Gasteiger partial charge in [-0.1, -0.05) is 42.5 Å². The van der Waals surface area contributed by atoms with Crippen molar-refractivity contribution < 1.29 is 4.57 Å². The quantitative estimate of drug-likeness (QED) is 0.390. The molecular weight excluding hydrogens is 256 g/mol. The summed E-state index contributed by atoms with van der Waals surface area (Å²) in [7, 11) is 2.13. The van der Waals surface area contributed by atoms with Crippen molar-refractivity contribution in [3.8, 4) is 22.5 Å². The number of nitrogens with zero attached hydrogens (tertiary/aromatic N) is 2. The molecule has 0 N–H and O–H groups in total. The van der Waals surface area contributed by atoms with Crippen molar-refractivity contribution in [2.24, 2.45) is 7.05 Å². The maximum atomic E-state index is 4.94. The molecule has 5 rings (SSSR count). The Hall–Kier alpha value is -2.74. The SMILES string of the molecule is C[n+]1c2c(nc3ccccc31)-c1cccc3cccc-2c13. The van der Waals surface area contributed by atoms with Gasteiger partial charge in [0.15, 0.2) is 0 Å². The van der Waals surface area contributed by atoms with Crippen molar-refractivity contribution in [1.82, 2.24) is 4.98 Å². The molecule has 1 aromatic heterocycles. The molecule has 2 nitrogen and oxygen atoms in total. The second-order valence-corrected chi connectivity index (χ2v) is 5.57. The summed E-state index contributed by atoms with van der Waals surface area (Å²) in [5.74, 6) is 0. The van der Waals surface area contributed by atoms with Crippen LogP contribution >= 0.6 is 0 Å². The van der Waals surface area contributed by atoms with Crippen molar-refractivity contribution in [3.05, 3.63) is 60.7 Å². The first kappa shape index (κ1) is 11.0. The fourth-order valence-corrected chi connectivity index (χ4v) is 3.53. The normalized spacial score (nSPS) is 12.0. The Labute approximate surface area is 122 Å². The van der Waals surface area contributed by atoms with Crippen LogP contribution in [0.3, 0.4) is 0 Å². The highest BCUT2D eigenvalue weighted by atomic mass is 15.0. The number of rotatable bonds is 0. The Kier molecular flexibility index (Phi) is 1.92. The van der Waals surface area contributed by atoms with Gasteiger partial charge in [0.1, 0.15) is 18.3 Å². The molecule has 0 unspecified atom stereocenters. The zero-order valence-electron chi connectivity index (χ0n) is 11.7. The molecule has 0 aliphatic heterocycles. The summed E-state index contributed by atoms with van der Waals surface area (Å²) in [5, 5.41) is 2.61. The Balaban J connectivity index is 2.06. The fraction of sp³-hybridized carbons (Fsp3) is 0.0526. The van der Waals surface area contributed by atoms with Crippen molar-refractivity contribution in [3.63, 3.8) is 0 Å². The molecule has 4 aromatic rings. The average Bonchev–Trinajstić information content (AvgIpc) is 2.85. The number of aryl methyl sites for hydroxylation is 1. The second-order valence-electron chi connectivity index (χ2n) is 5.57. The van der Waals surface area contributed by atoms with E-state index in [4.69, 9.17) is 4.98 Å². The average molecular weight is 269 g/mol. The van der Waals surface area contributed by atoms with Gasteiger partial charge in [-0.3, -0.25) is 0 Å². The third-order valence-electron chi connectivity index (χ3n) is 4.45. The Morgan fingerprint density at radius 3 is 2.43 bits per heavy atom. The second kappa shape index (κ2) is 3.67. The van der Waals surface area contributed by atoms with Gasteiger partial charge < -0.3 is 0 Å². The number of hydrogen-bond donors (Lipinski definition) is 0. The maximum Gasteiger partial charge on any atom is 0.240 e. The van der Waals surface area contributed by atoms with Gasteiger partial charge in [0.25, 0.3) is 0 Å². The zero-order valence-corrected chi connectivity index (χ0v) is 11.7. The lowest BCUT2D eigenvalue weighted by Crippen LogP contribution is -2.32. The van der Waals surface area contributed by atoms with E-state index >= 15 is 0 Å². The van der Waals surface area contributed by atoms with Gasteiger partial charge in [-0.2, -0.15) is 4.57 Å². The van der Waals surface area contributed by atoms with Crippen LogP contribution in [0.15, 0.2) is 60.7 Å². The number of para-hydroxylation sites is 2. The van der Waals surface area contributed by atoms with Gasteiger partial charge >= 0.3 is 0 Å². The van der Waals surface area contributed by atoms with Crippen LogP contribution < -0.4 is 4.57 Å². The van der Waals surface area contributed by atoms with Crippen LogP contribution in [0, 0.1) is 0 Å². The molecule has 0 atom stereocenters. The van der Waals surface area contributed by atoms with Gasteiger partial charge in [0.2, 0.25) is 11.2 Å². The summed E-state index contributed by atoms with van der Waals surface area (Å²) < 4.78 is 2.27. The summed E-state index contributed by atoms with van der Waals surface area (Å²) in [4.78, 5) is 4.94. The molecule has 98 valence electrons. The highest BCUT2D eigenvalue weighted by Crippen LogP contribution is 2.44. The molecule has 0 spiro atoms. The topological polar surface area (TPSA) is 16.8 Å². The molecule has 1 heterocycles.